The van der Waals surface area contributed by atoms with Gasteiger partial charge in [-0.1, -0.05) is 18.2 Å². The summed E-state index contributed by atoms with van der Waals surface area (Å²) in [6.45, 7) is 4.88. The van der Waals surface area contributed by atoms with E-state index in [0.29, 0.717) is 23.4 Å². The maximum atomic E-state index is 12.9. The minimum atomic E-state index is -0.242. The van der Waals surface area contributed by atoms with Gasteiger partial charge in [-0.2, -0.15) is 0 Å². The summed E-state index contributed by atoms with van der Waals surface area (Å²) in [6.07, 6.45) is 1.43. The molecule has 0 aliphatic carbocycles. The number of nitrogens with one attached hydrogen (secondary N) is 1. The van der Waals surface area contributed by atoms with E-state index in [1.807, 2.05) is 24.4 Å². The normalized spacial score (nSPS) is 11.0. The number of benzene rings is 1. The summed E-state index contributed by atoms with van der Waals surface area (Å²) in [7, 11) is 1.57. The van der Waals surface area contributed by atoms with E-state index in [4.69, 9.17) is 4.74 Å². The Kier molecular flexibility index (Phi) is 5.49. The van der Waals surface area contributed by atoms with E-state index in [2.05, 4.69) is 23.3 Å². The predicted octanol–water partition coefficient (Wildman–Crippen LogP) is 2.50. The number of fused-ring (bicyclic) bond motifs is 1. The summed E-state index contributed by atoms with van der Waals surface area (Å²) in [4.78, 5) is 30.0. The predicted molar refractivity (Wildman–Crippen MR) is 104 cm³/mol. The zero-order valence-corrected chi connectivity index (χ0v) is 15.9. The summed E-state index contributed by atoms with van der Waals surface area (Å²) in [5.41, 5.74) is 4.02. The van der Waals surface area contributed by atoms with Crippen LogP contribution in [-0.4, -0.2) is 35.7 Å². The number of thiophene rings is 1. The minimum absolute atomic E-state index is 0.0618. The van der Waals surface area contributed by atoms with Crippen molar-refractivity contribution in [3.63, 3.8) is 0 Å². The molecule has 0 aliphatic rings. The molecular formula is C19H21N3O3S. The lowest BCUT2D eigenvalue weighted by Crippen LogP contribution is -2.34. The minimum Gasteiger partial charge on any atom is -0.383 e. The average molecular weight is 371 g/mol. The van der Waals surface area contributed by atoms with Crippen molar-refractivity contribution in [1.82, 2.24) is 14.9 Å². The fraction of sp³-hybridized carbons (Fsp3) is 0.316. The third-order valence-electron chi connectivity index (χ3n) is 4.32. The molecule has 0 spiro atoms. The first-order valence-electron chi connectivity index (χ1n) is 8.31. The molecule has 2 heterocycles. The van der Waals surface area contributed by atoms with Gasteiger partial charge in [-0.05, 0) is 30.5 Å². The topological polar surface area (TPSA) is 73.2 Å². The molecule has 0 aliphatic heterocycles. The second-order valence-electron chi connectivity index (χ2n) is 6.15. The number of carbonyl (C=O) groups excluding carboxylic acids is 1. The highest BCUT2D eigenvalue weighted by molar-refractivity contribution is 7.17. The standard InChI is InChI=1S/C19H21N3O3S/c1-12-4-5-14(8-13(12)2)15-10-26-18-17(15)19(24)22(11-21-18)9-16(23)20-6-7-25-3/h4-5,8,10-11H,6-7,9H2,1-3H3,(H,20,23). The van der Waals surface area contributed by atoms with E-state index < -0.39 is 0 Å². The summed E-state index contributed by atoms with van der Waals surface area (Å²) in [5.74, 6) is -0.242. The molecule has 7 heteroatoms. The van der Waals surface area contributed by atoms with Gasteiger partial charge in [0.25, 0.3) is 5.56 Å². The molecule has 1 aromatic carbocycles. The van der Waals surface area contributed by atoms with E-state index in [1.54, 1.807) is 7.11 Å². The van der Waals surface area contributed by atoms with Gasteiger partial charge in [-0.25, -0.2) is 4.98 Å². The number of nitrogens with zero attached hydrogens (tertiary/aromatic N) is 2. The lowest BCUT2D eigenvalue weighted by atomic mass is 10.0. The van der Waals surface area contributed by atoms with Crippen LogP contribution in [0.15, 0.2) is 34.7 Å². The third-order valence-corrected chi connectivity index (χ3v) is 5.21. The monoisotopic (exact) mass is 371 g/mol. The Labute approximate surface area is 155 Å². The summed E-state index contributed by atoms with van der Waals surface area (Å²) >= 11 is 1.44. The number of aromatic nitrogens is 2. The van der Waals surface area contributed by atoms with Crippen LogP contribution in [0.25, 0.3) is 21.3 Å². The van der Waals surface area contributed by atoms with Crippen molar-refractivity contribution in [3.8, 4) is 11.1 Å². The van der Waals surface area contributed by atoms with Crippen LogP contribution in [-0.2, 0) is 16.1 Å². The zero-order chi connectivity index (χ0) is 18.7. The molecule has 0 saturated heterocycles. The van der Waals surface area contributed by atoms with Crippen LogP contribution in [0.4, 0.5) is 0 Å². The number of hydrogen-bond acceptors (Lipinski definition) is 5. The molecule has 0 fully saturated rings. The summed E-state index contributed by atoms with van der Waals surface area (Å²) in [6, 6.07) is 6.13. The first-order valence-corrected chi connectivity index (χ1v) is 9.19. The molecule has 0 saturated carbocycles. The van der Waals surface area contributed by atoms with Crippen LogP contribution >= 0.6 is 11.3 Å². The van der Waals surface area contributed by atoms with Crippen molar-refractivity contribution in [2.45, 2.75) is 20.4 Å². The molecule has 0 unspecified atom stereocenters. The van der Waals surface area contributed by atoms with E-state index in [1.165, 1.54) is 33.4 Å². The quantitative estimate of drug-likeness (QED) is 0.676. The Morgan fingerprint density at radius 1 is 1.31 bits per heavy atom. The van der Waals surface area contributed by atoms with Gasteiger partial charge in [0.1, 0.15) is 11.4 Å². The van der Waals surface area contributed by atoms with Gasteiger partial charge < -0.3 is 10.1 Å². The molecule has 2 aromatic heterocycles. The number of rotatable bonds is 6. The molecule has 3 aromatic rings. The fourth-order valence-corrected chi connectivity index (χ4v) is 3.61. The largest absolute Gasteiger partial charge is 0.383 e. The Bertz CT molecular complexity index is 1010. The highest BCUT2D eigenvalue weighted by Gasteiger charge is 2.15. The van der Waals surface area contributed by atoms with Crippen LogP contribution in [0, 0.1) is 13.8 Å². The van der Waals surface area contributed by atoms with Crippen LogP contribution in [0.2, 0.25) is 0 Å². The fourth-order valence-electron chi connectivity index (χ4n) is 2.70. The average Bonchev–Trinajstić information content (AvgIpc) is 3.05. The number of amides is 1. The molecule has 0 radical (unpaired) electrons. The van der Waals surface area contributed by atoms with Gasteiger partial charge in [-0.3, -0.25) is 14.2 Å². The molecule has 1 N–H and O–H groups in total. The van der Waals surface area contributed by atoms with E-state index in [9.17, 15) is 9.59 Å². The second-order valence-corrected chi connectivity index (χ2v) is 7.01. The molecule has 26 heavy (non-hydrogen) atoms. The first kappa shape index (κ1) is 18.3. The van der Waals surface area contributed by atoms with E-state index in [-0.39, 0.29) is 18.0 Å². The highest BCUT2D eigenvalue weighted by Crippen LogP contribution is 2.31. The van der Waals surface area contributed by atoms with Gasteiger partial charge in [0.15, 0.2) is 0 Å². The highest BCUT2D eigenvalue weighted by atomic mass is 32.1. The van der Waals surface area contributed by atoms with Crippen molar-refractivity contribution < 1.29 is 9.53 Å². The van der Waals surface area contributed by atoms with Crippen molar-refractivity contribution in [2.75, 3.05) is 20.3 Å². The first-order chi connectivity index (χ1) is 12.5. The van der Waals surface area contributed by atoms with E-state index in [0.717, 1.165) is 11.1 Å². The Morgan fingerprint density at radius 2 is 2.12 bits per heavy atom. The van der Waals surface area contributed by atoms with Gasteiger partial charge in [0, 0.05) is 24.6 Å². The Morgan fingerprint density at radius 3 is 2.85 bits per heavy atom. The second kappa shape index (κ2) is 7.80. The third kappa shape index (κ3) is 3.68. The van der Waals surface area contributed by atoms with Gasteiger partial charge >= 0.3 is 0 Å². The van der Waals surface area contributed by atoms with E-state index >= 15 is 0 Å². The summed E-state index contributed by atoms with van der Waals surface area (Å²) in [5, 5.41) is 5.22. The number of ether oxygens (including phenoxy) is 1. The summed E-state index contributed by atoms with van der Waals surface area (Å²) < 4.78 is 6.25. The van der Waals surface area contributed by atoms with Gasteiger partial charge in [-0.15, -0.1) is 11.3 Å². The Hall–Kier alpha value is -2.51. The van der Waals surface area contributed by atoms with Gasteiger partial charge in [0.05, 0.1) is 18.3 Å². The maximum Gasteiger partial charge on any atom is 0.263 e. The van der Waals surface area contributed by atoms with Crippen LogP contribution < -0.4 is 10.9 Å². The van der Waals surface area contributed by atoms with Crippen LogP contribution in [0.3, 0.4) is 0 Å². The molecule has 0 atom stereocenters. The number of carbonyl (C=O) groups is 1. The van der Waals surface area contributed by atoms with Gasteiger partial charge in [0.2, 0.25) is 5.91 Å². The smallest absolute Gasteiger partial charge is 0.263 e. The molecule has 0 bridgehead atoms. The number of hydrogen-bond donors (Lipinski definition) is 1. The van der Waals surface area contributed by atoms with Crippen molar-refractivity contribution in [1.29, 1.82) is 0 Å². The molecule has 1 amide bonds. The number of methoxy groups -OCH3 is 1. The molecule has 136 valence electrons. The molecule has 6 nitrogen and oxygen atoms in total. The number of aryl methyl sites for hydroxylation is 2. The van der Waals surface area contributed by atoms with Crippen molar-refractivity contribution >= 4 is 27.5 Å². The Balaban J connectivity index is 1.96. The van der Waals surface area contributed by atoms with Crippen molar-refractivity contribution in [3.05, 3.63) is 51.4 Å². The van der Waals surface area contributed by atoms with Crippen molar-refractivity contribution in [2.24, 2.45) is 0 Å². The lowest BCUT2D eigenvalue weighted by molar-refractivity contribution is -0.121. The molecular weight excluding hydrogens is 350 g/mol. The maximum absolute atomic E-state index is 12.9. The SMILES string of the molecule is COCCNC(=O)Cn1cnc2scc(-c3ccc(C)c(C)c3)c2c1=O. The lowest BCUT2D eigenvalue weighted by Gasteiger charge is -2.08. The van der Waals surface area contributed by atoms with Crippen LogP contribution in [0.5, 0.6) is 0 Å². The molecule has 3 rings (SSSR count). The zero-order valence-electron chi connectivity index (χ0n) is 15.0. The van der Waals surface area contributed by atoms with Crippen LogP contribution in [0.1, 0.15) is 11.1 Å².